The molecule has 1 N–H and O–H groups in total. The van der Waals surface area contributed by atoms with Crippen LogP contribution in [0.5, 0.6) is 0 Å². The Morgan fingerprint density at radius 1 is 1.30 bits per heavy atom. The van der Waals surface area contributed by atoms with Gasteiger partial charge in [0.25, 0.3) is 0 Å². The van der Waals surface area contributed by atoms with E-state index in [-0.39, 0.29) is 17.7 Å². The number of benzene rings is 1. The van der Waals surface area contributed by atoms with Crippen molar-refractivity contribution in [2.75, 3.05) is 18.4 Å². The van der Waals surface area contributed by atoms with Crippen molar-refractivity contribution in [3.63, 3.8) is 0 Å². The van der Waals surface area contributed by atoms with Crippen LogP contribution in [0.25, 0.3) is 0 Å². The molecular weight excluding hydrogens is 256 g/mol. The standard InChI is InChI=1S/C15H18N2O3/c1-11(19)17-7-5-13(6-8-17)15(20)16-14-4-2-3-12(9-14)10-18/h2-4,9-10,13H,5-8H2,1H3,(H,16,20). The summed E-state index contributed by atoms with van der Waals surface area (Å²) in [6.45, 7) is 2.80. The molecule has 2 rings (SSSR count). The molecule has 1 saturated heterocycles. The van der Waals surface area contributed by atoms with E-state index >= 15 is 0 Å². The van der Waals surface area contributed by atoms with E-state index in [9.17, 15) is 14.4 Å². The summed E-state index contributed by atoms with van der Waals surface area (Å²) in [6, 6.07) is 6.83. The number of hydrogen-bond acceptors (Lipinski definition) is 3. The summed E-state index contributed by atoms with van der Waals surface area (Å²) in [7, 11) is 0. The van der Waals surface area contributed by atoms with Crippen LogP contribution in [-0.4, -0.2) is 36.1 Å². The van der Waals surface area contributed by atoms with Gasteiger partial charge in [0.1, 0.15) is 6.29 Å². The zero-order valence-corrected chi connectivity index (χ0v) is 11.5. The minimum Gasteiger partial charge on any atom is -0.343 e. The second-order valence-electron chi connectivity index (χ2n) is 5.01. The molecule has 5 heteroatoms. The number of anilines is 1. The van der Waals surface area contributed by atoms with Gasteiger partial charge in [-0.25, -0.2) is 0 Å². The molecule has 1 aliphatic rings. The third kappa shape index (κ3) is 3.44. The quantitative estimate of drug-likeness (QED) is 0.853. The number of hydrogen-bond donors (Lipinski definition) is 1. The molecule has 0 spiro atoms. The summed E-state index contributed by atoms with van der Waals surface area (Å²) >= 11 is 0. The van der Waals surface area contributed by atoms with Gasteiger partial charge in [0.2, 0.25) is 11.8 Å². The fourth-order valence-electron chi connectivity index (χ4n) is 2.39. The molecule has 20 heavy (non-hydrogen) atoms. The van der Waals surface area contributed by atoms with Gasteiger partial charge in [0, 0.05) is 37.2 Å². The first-order chi connectivity index (χ1) is 9.60. The fourth-order valence-corrected chi connectivity index (χ4v) is 2.39. The van der Waals surface area contributed by atoms with Crippen molar-refractivity contribution in [3.8, 4) is 0 Å². The SMILES string of the molecule is CC(=O)N1CCC(C(=O)Nc2cccc(C=O)c2)CC1. The summed E-state index contributed by atoms with van der Waals surface area (Å²) in [6.07, 6.45) is 2.11. The summed E-state index contributed by atoms with van der Waals surface area (Å²) in [4.78, 5) is 35.8. The summed E-state index contributed by atoms with van der Waals surface area (Å²) in [5.41, 5.74) is 1.17. The first-order valence-electron chi connectivity index (χ1n) is 6.72. The van der Waals surface area contributed by atoms with E-state index in [1.807, 2.05) is 0 Å². The van der Waals surface area contributed by atoms with Crippen molar-refractivity contribution in [3.05, 3.63) is 29.8 Å². The number of nitrogens with zero attached hydrogens (tertiary/aromatic N) is 1. The van der Waals surface area contributed by atoms with E-state index in [1.54, 1.807) is 36.1 Å². The molecule has 0 unspecified atom stereocenters. The lowest BCUT2D eigenvalue weighted by molar-refractivity contribution is -0.132. The van der Waals surface area contributed by atoms with Gasteiger partial charge in [-0.2, -0.15) is 0 Å². The summed E-state index contributed by atoms with van der Waals surface area (Å²) in [5, 5.41) is 2.83. The van der Waals surface area contributed by atoms with E-state index in [0.717, 1.165) is 6.29 Å². The molecule has 0 aliphatic carbocycles. The Labute approximate surface area is 118 Å². The van der Waals surface area contributed by atoms with E-state index < -0.39 is 0 Å². The minimum atomic E-state index is -0.0783. The molecule has 1 fully saturated rings. The van der Waals surface area contributed by atoms with Crippen LogP contribution in [0.1, 0.15) is 30.1 Å². The van der Waals surface area contributed by atoms with Gasteiger partial charge in [-0.1, -0.05) is 12.1 Å². The zero-order valence-electron chi connectivity index (χ0n) is 11.5. The van der Waals surface area contributed by atoms with Crippen molar-refractivity contribution in [1.82, 2.24) is 4.90 Å². The molecule has 1 heterocycles. The fraction of sp³-hybridized carbons (Fsp3) is 0.400. The topological polar surface area (TPSA) is 66.5 Å². The van der Waals surface area contributed by atoms with Gasteiger partial charge in [-0.15, -0.1) is 0 Å². The number of carbonyl (C=O) groups excluding carboxylic acids is 3. The molecule has 5 nitrogen and oxygen atoms in total. The number of aldehydes is 1. The van der Waals surface area contributed by atoms with Crippen LogP contribution in [0.2, 0.25) is 0 Å². The van der Waals surface area contributed by atoms with Gasteiger partial charge >= 0.3 is 0 Å². The Morgan fingerprint density at radius 2 is 2.00 bits per heavy atom. The van der Waals surface area contributed by atoms with E-state index in [4.69, 9.17) is 0 Å². The predicted molar refractivity (Wildman–Crippen MR) is 75.4 cm³/mol. The molecular formula is C15H18N2O3. The summed E-state index contributed by atoms with van der Waals surface area (Å²) in [5.74, 6) is -0.0655. The number of likely N-dealkylation sites (tertiary alicyclic amines) is 1. The van der Waals surface area contributed by atoms with Gasteiger partial charge < -0.3 is 10.2 Å². The number of piperidine rings is 1. The lowest BCUT2D eigenvalue weighted by Gasteiger charge is -2.30. The van der Waals surface area contributed by atoms with Crippen LogP contribution in [0.4, 0.5) is 5.69 Å². The van der Waals surface area contributed by atoms with Gasteiger partial charge in [-0.05, 0) is 25.0 Å². The maximum Gasteiger partial charge on any atom is 0.227 e. The lowest BCUT2D eigenvalue weighted by Crippen LogP contribution is -2.40. The minimum absolute atomic E-state index is 0.0451. The molecule has 0 atom stereocenters. The molecule has 1 aliphatic heterocycles. The Bertz CT molecular complexity index is 520. The molecule has 0 saturated carbocycles. The van der Waals surface area contributed by atoms with E-state index in [0.29, 0.717) is 37.2 Å². The van der Waals surface area contributed by atoms with Gasteiger partial charge in [0.05, 0.1) is 0 Å². The second kappa shape index (κ2) is 6.32. The molecule has 0 bridgehead atoms. The van der Waals surface area contributed by atoms with Crippen LogP contribution in [-0.2, 0) is 9.59 Å². The third-order valence-electron chi connectivity index (χ3n) is 3.60. The van der Waals surface area contributed by atoms with Crippen LogP contribution in [0, 0.1) is 5.92 Å². The highest BCUT2D eigenvalue weighted by atomic mass is 16.2. The van der Waals surface area contributed by atoms with Crippen molar-refractivity contribution in [1.29, 1.82) is 0 Å². The highest BCUT2D eigenvalue weighted by molar-refractivity contribution is 5.93. The first kappa shape index (κ1) is 14.2. The molecule has 106 valence electrons. The molecule has 0 radical (unpaired) electrons. The normalized spacial score (nSPS) is 15.8. The summed E-state index contributed by atoms with van der Waals surface area (Å²) < 4.78 is 0. The Balaban J connectivity index is 1.92. The highest BCUT2D eigenvalue weighted by Crippen LogP contribution is 2.19. The van der Waals surface area contributed by atoms with Gasteiger partial charge in [-0.3, -0.25) is 14.4 Å². The first-order valence-corrected chi connectivity index (χ1v) is 6.72. The average Bonchev–Trinajstić information content (AvgIpc) is 2.47. The molecule has 1 aromatic rings. The zero-order chi connectivity index (χ0) is 14.5. The largest absolute Gasteiger partial charge is 0.343 e. The smallest absolute Gasteiger partial charge is 0.227 e. The van der Waals surface area contributed by atoms with Crippen molar-refractivity contribution in [2.45, 2.75) is 19.8 Å². The average molecular weight is 274 g/mol. The van der Waals surface area contributed by atoms with E-state index in [1.165, 1.54) is 0 Å². The Kier molecular flexibility index (Phi) is 4.50. The van der Waals surface area contributed by atoms with Crippen LogP contribution >= 0.6 is 0 Å². The number of carbonyl (C=O) groups is 3. The maximum atomic E-state index is 12.1. The highest BCUT2D eigenvalue weighted by Gasteiger charge is 2.25. The van der Waals surface area contributed by atoms with Crippen LogP contribution < -0.4 is 5.32 Å². The van der Waals surface area contributed by atoms with Gasteiger partial charge in [0.15, 0.2) is 0 Å². The monoisotopic (exact) mass is 274 g/mol. The van der Waals surface area contributed by atoms with Crippen LogP contribution in [0.3, 0.4) is 0 Å². The molecule has 0 aromatic heterocycles. The van der Waals surface area contributed by atoms with Crippen molar-refractivity contribution in [2.24, 2.45) is 5.92 Å². The Hall–Kier alpha value is -2.17. The Morgan fingerprint density at radius 3 is 2.60 bits per heavy atom. The third-order valence-corrected chi connectivity index (χ3v) is 3.60. The van der Waals surface area contributed by atoms with E-state index in [2.05, 4.69) is 5.32 Å². The lowest BCUT2D eigenvalue weighted by atomic mass is 9.95. The molecule has 1 aromatic carbocycles. The van der Waals surface area contributed by atoms with Crippen molar-refractivity contribution < 1.29 is 14.4 Å². The predicted octanol–water partition coefficient (Wildman–Crippen LogP) is 1.70. The second-order valence-corrected chi connectivity index (χ2v) is 5.01. The maximum absolute atomic E-state index is 12.1. The number of amides is 2. The van der Waals surface area contributed by atoms with Crippen LogP contribution in [0.15, 0.2) is 24.3 Å². The molecule has 2 amide bonds. The van der Waals surface area contributed by atoms with Crippen molar-refractivity contribution >= 4 is 23.8 Å². The number of rotatable bonds is 3. The number of nitrogens with one attached hydrogen (secondary N) is 1.